The fraction of sp³-hybridized carbons (Fsp3) is 0. The third-order valence-electron chi connectivity index (χ3n) is 4.84. The van der Waals surface area contributed by atoms with Gasteiger partial charge in [0.15, 0.2) is 0 Å². The lowest BCUT2D eigenvalue weighted by molar-refractivity contribution is -0.113. The van der Waals surface area contributed by atoms with Gasteiger partial charge in [-0.2, -0.15) is 0 Å². The van der Waals surface area contributed by atoms with Crippen molar-refractivity contribution in [1.82, 2.24) is 15.0 Å². The maximum Gasteiger partial charge on any atom is 0.270 e. The first-order valence-electron chi connectivity index (χ1n) is 8.30. The molecule has 4 aromatic rings. The van der Waals surface area contributed by atoms with Crippen LogP contribution in [0.15, 0.2) is 53.7 Å². The minimum atomic E-state index is -0.281. The van der Waals surface area contributed by atoms with E-state index in [1.807, 2.05) is 24.3 Å². The molecule has 5 nitrogen and oxygen atoms in total. The Kier molecular flexibility index (Phi) is 2.43. The van der Waals surface area contributed by atoms with Crippen molar-refractivity contribution in [3.8, 4) is 11.3 Å². The number of hydrogen-bond donors (Lipinski definition) is 0. The van der Waals surface area contributed by atoms with Gasteiger partial charge >= 0.3 is 0 Å². The van der Waals surface area contributed by atoms with Gasteiger partial charge < -0.3 is 0 Å². The van der Waals surface area contributed by atoms with E-state index in [1.165, 1.54) is 6.08 Å². The molecule has 0 saturated heterocycles. The van der Waals surface area contributed by atoms with Gasteiger partial charge in [-0.25, -0.2) is 15.0 Å². The molecule has 0 bridgehead atoms. The summed E-state index contributed by atoms with van der Waals surface area (Å²) >= 11 is 0. The van der Waals surface area contributed by atoms with Crippen LogP contribution in [-0.4, -0.2) is 20.9 Å². The molecule has 120 valence electrons. The monoisotopic (exact) mass is 334 g/mol. The molecule has 0 unspecified atom stereocenters. The van der Waals surface area contributed by atoms with Crippen LogP contribution in [0.1, 0.15) is 11.1 Å². The Balaban J connectivity index is 1.88. The van der Waals surface area contributed by atoms with Crippen molar-refractivity contribution < 1.29 is 4.79 Å². The predicted molar refractivity (Wildman–Crippen MR) is 98.7 cm³/mol. The van der Waals surface area contributed by atoms with Crippen LogP contribution in [0.25, 0.3) is 45.3 Å². The Morgan fingerprint density at radius 1 is 0.846 bits per heavy atom. The first kappa shape index (κ1) is 13.5. The second-order valence-corrected chi connectivity index (χ2v) is 6.33. The van der Waals surface area contributed by atoms with Gasteiger partial charge in [-0.05, 0) is 29.8 Å². The molecule has 0 radical (unpaired) electrons. The highest BCUT2D eigenvalue weighted by Crippen LogP contribution is 2.28. The van der Waals surface area contributed by atoms with Gasteiger partial charge in [0.2, 0.25) is 0 Å². The van der Waals surface area contributed by atoms with Gasteiger partial charge in [0.05, 0.1) is 27.6 Å². The highest BCUT2D eigenvalue weighted by atomic mass is 16.1. The van der Waals surface area contributed by atoms with E-state index in [1.54, 1.807) is 12.3 Å². The fourth-order valence-corrected chi connectivity index (χ4v) is 3.71. The number of hydrogen-bond acceptors (Lipinski definition) is 4. The first-order valence-corrected chi connectivity index (χ1v) is 8.30. The van der Waals surface area contributed by atoms with E-state index in [4.69, 9.17) is 9.97 Å². The number of amides is 1. The molecule has 0 fully saturated rings. The molecule has 6 rings (SSSR count). The van der Waals surface area contributed by atoms with Crippen LogP contribution >= 0.6 is 0 Å². The number of nitrogens with zero attached hydrogens (tertiary/aromatic N) is 4. The van der Waals surface area contributed by atoms with Crippen LogP contribution in [0.5, 0.6) is 0 Å². The van der Waals surface area contributed by atoms with Crippen molar-refractivity contribution in [3.63, 3.8) is 0 Å². The molecule has 0 spiro atoms. The van der Waals surface area contributed by atoms with Crippen molar-refractivity contribution in [2.24, 2.45) is 4.99 Å². The van der Waals surface area contributed by atoms with E-state index >= 15 is 0 Å². The van der Waals surface area contributed by atoms with Gasteiger partial charge in [0, 0.05) is 28.8 Å². The Morgan fingerprint density at radius 2 is 1.77 bits per heavy atom. The van der Waals surface area contributed by atoms with Crippen LogP contribution in [-0.2, 0) is 4.79 Å². The van der Waals surface area contributed by atoms with E-state index in [2.05, 4.69) is 28.2 Å². The van der Waals surface area contributed by atoms with Gasteiger partial charge in [-0.3, -0.25) is 9.78 Å². The molecule has 0 N–H and O–H groups in total. The highest BCUT2D eigenvalue weighted by molar-refractivity contribution is 6.09. The second-order valence-electron chi connectivity index (χ2n) is 6.33. The van der Waals surface area contributed by atoms with Gasteiger partial charge in [0.25, 0.3) is 5.91 Å². The number of fused-ring (bicyclic) bond motifs is 9. The average Bonchev–Trinajstić information content (AvgIpc) is 3.04. The molecule has 3 heterocycles. The van der Waals surface area contributed by atoms with Gasteiger partial charge in [0.1, 0.15) is 5.36 Å². The van der Waals surface area contributed by atoms with E-state index in [0.717, 1.165) is 44.2 Å². The lowest BCUT2D eigenvalue weighted by Crippen LogP contribution is -2.19. The standard InChI is InChI=1S/C21H10N4O/c26-16-8-7-14-19(24-16)18-13(6-3-9-22-18)20-21(14)25-17-12-5-2-1-4-11(12)10-15(17)23-20/h1-10H. The molecule has 2 aromatic heterocycles. The van der Waals surface area contributed by atoms with Crippen LogP contribution in [0.4, 0.5) is 0 Å². The normalized spacial score (nSPS) is 13.9. The summed E-state index contributed by atoms with van der Waals surface area (Å²) in [6, 6.07) is 11.9. The molecule has 1 aliphatic heterocycles. The molecule has 1 amide bonds. The Bertz CT molecular complexity index is 1450. The van der Waals surface area contributed by atoms with Crippen LogP contribution in [0, 0.1) is 0 Å². The Morgan fingerprint density at radius 3 is 2.73 bits per heavy atom. The van der Waals surface area contributed by atoms with E-state index in [9.17, 15) is 4.79 Å². The minimum absolute atomic E-state index is 0.281. The number of rotatable bonds is 0. The van der Waals surface area contributed by atoms with Crippen molar-refractivity contribution in [1.29, 1.82) is 0 Å². The summed E-state index contributed by atoms with van der Waals surface area (Å²) in [7, 11) is 0. The SMILES string of the molecule is O=C1C=Cc2c(c3ncccc3c3nc4c(nc23)-c2ccccc2C=4)=N1. The maximum absolute atomic E-state index is 11.8. The quantitative estimate of drug-likeness (QED) is 0.407. The number of carbonyl (C=O) groups excluding carboxylic acids is 1. The molecule has 5 heteroatoms. The number of carbonyl (C=O) groups is 1. The summed E-state index contributed by atoms with van der Waals surface area (Å²) in [6.45, 7) is 0. The summed E-state index contributed by atoms with van der Waals surface area (Å²) in [5.74, 6) is -0.281. The Hall–Kier alpha value is -3.73. The van der Waals surface area contributed by atoms with Crippen LogP contribution in [0.3, 0.4) is 0 Å². The zero-order valence-corrected chi connectivity index (χ0v) is 13.5. The molecule has 2 aromatic carbocycles. The van der Waals surface area contributed by atoms with E-state index in [0.29, 0.717) is 10.9 Å². The van der Waals surface area contributed by atoms with Crippen molar-refractivity contribution in [3.05, 3.63) is 70.5 Å². The molecule has 0 saturated carbocycles. The van der Waals surface area contributed by atoms with Gasteiger partial charge in [-0.1, -0.05) is 24.3 Å². The van der Waals surface area contributed by atoms with Crippen molar-refractivity contribution in [2.45, 2.75) is 0 Å². The van der Waals surface area contributed by atoms with Crippen molar-refractivity contribution in [2.75, 3.05) is 0 Å². The summed E-state index contributed by atoms with van der Waals surface area (Å²) < 4.78 is 0. The van der Waals surface area contributed by atoms with Crippen LogP contribution < -0.4 is 10.7 Å². The summed E-state index contributed by atoms with van der Waals surface area (Å²) in [5, 5.41) is 2.29. The molecule has 0 atom stereocenters. The van der Waals surface area contributed by atoms with Crippen molar-refractivity contribution >= 4 is 40.0 Å². The third kappa shape index (κ3) is 1.66. The zero-order chi connectivity index (χ0) is 17.3. The van der Waals surface area contributed by atoms with Crippen LogP contribution in [0.2, 0.25) is 0 Å². The van der Waals surface area contributed by atoms with Gasteiger partial charge in [-0.15, -0.1) is 0 Å². The summed E-state index contributed by atoms with van der Waals surface area (Å²) in [4.78, 5) is 30.3. The molecule has 2 aliphatic rings. The highest BCUT2D eigenvalue weighted by Gasteiger charge is 2.20. The topological polar surface area (TPSA) is 68.1 Å². The predicted octanol–water partition coefficient (Wildman–Crippen LogP) is 2.16. The summed E-state index contributed by atoms with van der Waals surface area (Å²) in [6.07, 6.45) is 7.00. The number of pyridine rings is 1. The minimum Gasteiger partial charge on any atom is -0.267 e. The lowest BCUT2D eigenvalue weighted by Gasteiger charge is -2.10. The first-order chi connectivity index (χ1) is 12.8. The lowest BCUT2D eigenvalue weighted by atomic mass is 10.0. The second kappa shape index (κ2) is 4.67. The van der Waals surface area contributed by atoms with E-state index < -0.39 is 0 Å². The maximum atomic E-state index is 11.8. The van der Waals surface area contributed by atoms with E-state index in [-0.39, 0.29) is 5.91 Å². The third-order valence-corrected chi connectivity index (χ3v) is 4.84. The largest absolute Gasteiger partial charge is 0.270 e. The summed E-state index contributed by atoms with van der Waals surface area (Å²) in [5.41, 5.74) is 6.06. The smallest absolute Gasteiger partial charge is 0.267 e. The zero-order valence-electron chi connectivity index (χ0n) is 13.5. The molecular formula is C21H10N4O. The molecular weight excluding hydrogens is 324 g/mol. The average molecular weight is 334 g/mol. The number of benzene rings is 2. The fourth-order valence-electron chi connectivity index (χ4n) is 3.71. The molecule has 1 aliphatic carbocycles. The Labute approximate surface area is 147 Å². The molecule has 26 heavy (non-hydrogen) atoms. The number of aromatic nitrogens is 3.